The number of hydrogen-bond donors (Lipinski definition) is 3. The van der Waals surface area contributed by atoms with Gasteiger partial charge >= 0.3 is 0 Å². The fourth-order valence-electron chi connectivity index (χ4n) is 1.09. The van der Waals surface area contributed by atoms with Crippen LogP contribution in [0, 0.1) is 0 Å². The maximum atomic E-state index is 10.0. The van der Waals surface area contributed by atoms with Crippen molar-refractivity contribution < 1.29 is 10.2 Å². The van der Waals surface area contributed by atoms with E-state index < -0.39 is 22.3 Å². The molecule has 3 nitrogen and oxygen atoms in total. The van der Waals surface area contributed by atoms with E-state index in [1.807, 2.05) is 27.7 Å². The second-order valence-electron chi connectivity index (χ2n) is 6.49. The van der Waals surface area contributed by atoms with Crippen molar-refractivity contribution in [3.63, 3.8) is 0 Å². The Bertz CT molecular complexity index is 195. The first-order valence-electron chi connectivity index (χ1n) is 5.45. The number of rotatable bonds is 4. The molecule has 92 valence electrons. The molecule has 0 fully saturated rings. The highest BCUT2D eigenvalue weighted by Crippen LogP contribution is 2.28. The smallest absolute Gasteiger partial charge is 0.0767 e. The topological polar surface area (TPSA) is 52.5 Å². The van der Waals surface area contributed by atoms with Crippen molar-refractivity contribution in [1.82, 2.24) is 5.32 Å². The minimum absolute atomic E-state index is 0.476. The van der Waals surface area contributed by atoms with Gasteiger partial charge in [0.15, 0.2) is 0 Å². The molecule has 0 atom stereocenters. The third-order valence-electron chi connectivity index (χ3n) is 3.68. The predicted octanol–water partition coefficient (Wildman–Crippen LogP) is 1.67. The summed E-state index contributed by atoms with van der Waals surface area (Å²) in [6.45, 7) is 14.8. The van der Waals surface area contributed by atoms with Crippen LogP contribution in [0.25, 0.3) is 0 Å². The molecule has 3 N–H and O–H groups in total. The van der Waals surface area contributed by atoms with E-state index in [1.165, 1.54) is 0 Å². The minimum atomic E-state index is -0.852. The highest BCUT2D eigenvalue weighted by molar-refractivity contribution is 5.03. The van der Waals surface area contributed by atoms with Gasteiger partial charge in [-0.2, -0.15) is 0 Å². The van der Waals surface area contributed by atoms with Crippen LogP contribution in [0.2, 0.25) is 0 Å². The highest BCUT2D eigenvalue weighted by Gasteiger charge is 2.44. The fourth-order valence-corrected chi connectivity index (χ4v) is 1.09. The monoisotopic (exact) mass is 217 g/mol. The Morgan fingerprint density at radius 1 is 0.600 bits per heavy atom. The van der Waals surface area contributed by atoms with E-state index in [9.17, 15) is 10.2 Å². The van der Waals surface area contributed by atoms with Crippen LogP contribution in [-0.4, -0.2) is 32.5 Å². The van der Waals surface area contributed by atoms with Crippen LogP contribution in [0.4, 0.5) is 0 Å². The summed E-state index contributed by atoms with van der Waals surface area (Å²) in [5.41, 5.74) is -2.65. The van der Waals surface area contributed by atoms with E-state index in [2.05, 4.69) is 5.32 Å². The molecule has 0 aliphatic carbocycles. The average Bonchev–Trinajstić information content (AvgIpc) is 1.77. The molecule has 0 aliphatic rings. The Morgan fingerprint density at radius 2 is 0.800 bits per heavy atom. The molecule has 0 saturated heterocycles. The Labute approximate surface area is 93.9 Å². The van der Waals surface area contributed by atoms with Crippen molar-refractivity contribution in [2.24, 2.45) is 0 Å². The van der Waals surface area contributed by atoms with Gasteiger partial charge in [-0.15, -0.1) is 0 Å². The van der Waals surface area contributed by atoms with Gasteiger partial charge < -0.3 is 15.5 Å². The average molecular weight is 217 g/mol. The molecule has 0 bridgehead atoms. The molecule has 0 radical (unpaired) electrons. The molecule has 0 aromatic carbocycles. The standard InChI is InChI=1S/C12H27NO2/c1-9(2,11(5,6)14)13-10(3,4)12(7,8)15/h13-15H,1-8H3. The van der Waals surface area contributed by atoms with E-state index in [4.69, 9.17) is 0 Å². The van der Waals surface area contributed by atoms with Gasteiger partial charge in [0, 0.05) is 11.1 Å². The third kappa shape index (κ3) is 3.44. The molecule has 0 aromatic rings. The summed E-state index contributed by atoms with van der Waals surface area (Å²) in [4.78, 5) is 0. The van der Waals surface area contributed by atoms with E-state index in [0.29, 0.717) is 0 Å². The summed E-state index contributed by atoms with van der Waals surface area (Å²) < 4.78 is 0. The lowest BCUT2D eigenvalue weighted by Gasteiger charge is -2.48. The molecule has 3 heteroatoms. The van der Waals surface area contributed by atoms with Gasteiger partial charge in [0.05, 0.1) is 11.2 Å². The van der Waals surface area contributed by atoms with Crippen LogP contribution < -0.4 is 5.32 Å². The first-order valence-corrected chi connectivity index (χ1v) is 5.45. The zero-order valence-corrected chi connectivity index (χ0v) is 11.4. The Morgan fingerprint density at radius 3 is 0.933 bits per heavy atom. The van der Waals surface area contributed by atoms with Crippen LogP contribution >= 0.6 is 0 Å². The summed E-state index contributed by atoms with van der Waals surface area (Å²) in [7, 11) is 0. The largest absolute Gasteiger partial charge is 0.389 e. The van der Waals surface area contributed by atoms with Crippen molar-refractivity contribution >= 4 is 0 Å². The Balaban J connectivity index is 4.89. The van der Waals surface area contributed by atoms with Gasteiger partial charge in [0.25, 0.3) is 0 Å². The zero-order chi connectivity index (χ0) is 12.7. The quantitative estimate of drug-likeness (QED) is 0.671. The van der Waals surface area contributed by atoms with Crippen LogP contribution in [-0.2, 0) is 0 Å². The molecular formula is C12H27NO2. The fraction of sp³-hybridized carbons (Fsp3) is 1.00. The lowest BCUT2D eigenvalue weighted by atomic mass is 9.79. The Kier molecular flexibility index (Phi) is 3.69. The van der Waals surface area contributed by atoms with Crippen molar-refractivity contribution in [3.05, 3.63) is 0 Å². The van der Waals surface area contributed by atoms with Crippen LogP contribution in [0.15, 0.2) is 0 Å². The summed E-state index contributed by atoms with van der Waals surface area (Å²) in [6.07, 6.45) is 0. The third-order valence-corrected chi connectivity index (χ3v) is 3.68. The first kappa shape index (κ1) is 14.9. The van der Waals surface area contributed by atoms with E-state index in [1.54, 1.807) is 27.7 Å². The number of nitrogens with one attached hydrogen (secondary N) is 1. The van der Waals surface area contributed by atoms with E-state index >= 15 is 0 Å². The molecule has 0 heterocycles. The van der Waals surface area contributed by atoms with Crippen molar-refractivity contribution in [3.8, 4) is 0 Å². The molecule has 0 amide bonds. The summed E-state index contributed by atoms with van der Waals surface area (Å²) >= 11 is 0. The van der Waals surface area contributed by atoms with Gasteiger partial charge in [-0.3, -0.25) is 0 Å². The predicted molar refractivity (Wildman–Crippen MR) is 63.9 cm³/mol. The van der Waals surface area contributed by atoms with Gasteiger partial charge in [0.1, 0.15) is 0 Å². The van der Waals surface area contributed by atoms with Gasteiger partial charge in [-0.1, -0.05) is 0 Å². The maximum Gasteiger partial charge on any atom is 0.0767 e. The van der Waals surface area contributed by atoms with Crippen molar-refractivity contribution in [2.45, 2.75) is 77.7 Å². The summed E-state index contributed by atoms with van der Waals surface area (Å²) in [6, 6.07) is 0. The van der Waals surface area contributed by atoms with Crippen molar-refractivity contribution in [2.75, 3.05) is 0 Å². The van der Waals surface area contributed by atoms with Gasteiger partial charge in [-0.25, -0.2) is 0 Å². The molecule has 15 heavy (non-hydrogen) atoms. The molecule has 0 rings (SSSR count). The van der Waals surface area contributed by atoms with E-state index in [-0.39, 0.29) is 0 Å². The minimum Gasteiger partial charge on any atom is -0.389 e. The molecule has 0 spiro atoms. The van der Waals surface area contributed by atoms with Crippen LogP contribution in [0.3, 0.4) is 0 Å². The lowest BCUT2D eigenvalue weighted by Crippen LogP contribution is -2.67. The molecule has 0 aromatic heterocycles. The summed E-state index contributed by atoms with van der Waals surface area (Å²) in [5, 5.41) is 23.4. The number of aliphatic hydroxyl groups is 2. The normalized spacial score (nSPS) is 15.6. The maximum absolute atomic E-state index is 10.0. The lowest BCUT2D eigenvalue weighted by molar-refractivity contribution is -0.0631. The molecular weight excluding hydrogens is 190 g/mol. The second-order valence-corrected chi connectivity index (χ2v) is 6.49. The molecule has 0 saturated carbocycles. The van der Waals surface area contributed by atoms with Gasteiger partial charge in [0.2, 0.25) is 0 Å². The van der Waals surface area contributed by atoms with Crippen LogP contribution in [0.1, 0.15) is 55.4 Å². The van der Waals surface area contributed by atoms with Crippen LogP contribution in [0.5, 0.6) is 0 Å². The second kappa shape index (κ2) is 3.72. The number of hydrogen-bond acceptors (Lipinski definition) is 3. The molecule has 0 unspecified atom stereocenters. The van der Waals surface area contributed by atoms with Crippen molar-refractivity contribution in [1.29, 1.82) is 0 Å². The zero-order valence-electron chi connectivity index (χ0n) is 11.4. The Hall–Kier alpha value is -0.120. The van der Waals surface area contributed by atoms with E-state index in [0.717, 1.165) is 0 Å². The first-order chi connectivity index (χ1) is 6.21. The van der Waals surface area contributed by atoms with Gasteiger partial charge in [-0.05, 0) is 55.4 Å². The summed E-state index contributed by atoms with van der Waals surface area (Å²) in [5.74, 6) is 0. The SMILES string of the molecule is CC(C)(O)C(C)(C)NC(C)(C)C(C)(C)O. The highest BCUT2D eigenvalue weighted by atomic mass is 16.3. The molecule has 0 aliphatic heterocycles.